The third-order valence-corrected chi connectivity index (χ3v) is 7.97. The fraction of sp³-hybridized carbons (Fsp3) is 0.560. The van der Waals surface area contributed by atoms with Crippen molar-refractivity contribution in [1.29, 1.82) is 0 Å². The van der Waals surface area contributed by atoms with Gasteiger partial charge in [0.1, 0.15) is 11.4 Å². The van der Waals surface area contributed by atoms with Crippen LogP contribution in [0.4, 0.5) is 21.1 Å². The van der Waals surface area contributed by atoms with Crippen molar-refractivity contribution in [3.05, 3.63) is 24.3 Å². The van der Waals surface area contributed by atoms with E-state index in [0.29, 0.717) is 37.4 Å². The molecule has 0 spiro atoms. The molecule has 1 aromatic carbocycles. The third kappa shape index (κ3) is 6.42. The minimum Gasteiger partial charge on any atom is -0.444 e. The number of amides is 3. The molecule has 1 aromatic heterocycles. The number of carbonyl (C=O) groups excluding carboxylic acids is 2. The minimum absolute atomic E-state index is 0.0535. The molecule has 2 N–H and O–H groups in total. The Morgan fingerprint density at radius 1 is 1.08 bits per heavy atom. The topological polar surface area (TPSA) is 124 Å². The lowest BCUT2D eigenvalue weighted by atomic mass is 10.1. The number of anilines is 2. The highest BCUT2D eigenvalue weighted by atomic mass is 32.2. The zero-order valence-corrected chi connectivity index (χ0v) is 23.1. The van der Waals surface area contributed by atoms with Crippen LogP contribution in [0.15, 0.2) is 29.2 Å². The van der Waals surface area contributed by atoms with Crippen LogP contribution in [0, 0.1) is 0 Å². The number of urea groups is 1. The monoisotopic (exact) mass is 532 g/mol. The summed E-state index contributed by atoms with van der Waals surface area (Å²) in [5, 5.41) is 3.37. The van der Waals surface area contributed by atoms with Gasteiger partial charge in [0.15, 0.2) is 0 Å². The van der Waals surface area contributed by atoms with Gasteiger partial charge in [-0.1, -0.05) is 0 Å². The molecule has 1 aliphatic carbocycles. The smallest absolute Gasteiger partial charge is 0.413 e. The summed E-state index contributed by atoms with van der Waals surface area (Å²) in [6, 6.07) is 6.62. The second-order valence-corrected chi connectivity index (χ2v) is 12.8. The zero-order valence-electron chi connectivity index (χ0n) is 22.3. The first-order valence-corrected chi connectivity index (χ1v) is 13.8. The molecular weight excluding hydrogens is 496 g/mol. The van der Waals surface area contributed by atoms with Crippen molar-refractivity contribution in [3.63, 3.8) is 0 Å². The van der Waals surface area contributed by atoms with Crippen LogP contribution >= 0.6 is 0 Å². The molecule has 12 heteroatoms. The zero-order chi connectivity index (χ0) is 27.2. The summed E-state index contributed by atoms with van der Waals surface area (Å²) in [6.07, 6.45) is 0.932. The number of piperazine rings is 1. The predicted molar refractivity (Wildman–Crippen MR) is 142 cm³/mol. The van der Waals surface area contributed by atoms with Crippen molar-refractivity contribution in [3.8, 4) is 0 Å². The van der Waals surface area contributed by atoms with Gasteiger partial charge in [0.2, 0.25) is 10.0 Å². The number of benzene rings is 1. The number of ether oxygens (including phenoxy) is 1. The van der Waals surface area contributed by atoms with E-state index in [-0.39, 0.29) is 16.7 Å². The quantitative estimate of drug-likeness (QED) is 0.606. The number of rotatable bonds is 5. The van der Waals surface area contributed by atoms with Gasteiger partial charge in [0.25, 0.3) is 0 Å². The van der Waals surface area contributed by atoms with Crippen molar-refractivity contribution in [2.24, 2.45) is 0 Å². The van der Waals surface area contributed by atoms with Gasteiger partial charge in [-0.2, -0.15) is 0 Å². The first-order chi connectivity index (χ1) is 17.2. The first kappa shape index (κ1) is 26.9. The molecule has 11 nitrogen and oxygen atoms in total. The summed E-state index contributed by atoms with van der Waals surface area (Å²) in [5.41, 5.74) is 0.0432. The normalized spacial score (nSPS) is 17.5. The fourth-order valence-corrected chi connectivity index (χ4v) is 5.68. The van der Waals surface area contributed by atoms with Crippen LogP contribution in [0.5, 0.6) is 0 Å². The largest absolute Gasteiger partial charge is 0.444 e. The SMILES string of the molecule is CN(C)C(=O)N1CCN(c2cc(S(=O)(=O)NC3(C)CC3)cc3nc(NC(=O)OC(C)(C)C)ccc23)CC1. The Kier molecular flexibility index (Phi) is 7.02. The van der Waals surface area contributed by atoms with Crippen LogP contribution in [0.1, 0.15) is 40.5 Å². The van der Waals surface area contributed by atoms with E-state index < -0.39 is 27.3 Å². The van der Waals surface area contributed by atoms with Crippen molar-refractivity contribution in [2.45, 2.75) is 56.6 Å². The highest BCUT2D eigenvalue weighted by Gasteiger charge is 2.41. The summed E-state index contributed by atoms with van der Waals surface area (Å²) >= 11 is 0. The number of hydrogen-bond donors (Lipinski definition) is 2. The first-order valence-electron chi connectivity index (χ1n) is 12.4. The number of carbonyl (C=O) groups is 2. The number of nitrogens with one attached hydrogen (secondary N) is 2. The number of sulfonamides is 1. The second kappa shape index (κ2) is 9.64. The maximum absolute atomic E-state index is 13.3. The third-order valence-electron chi connectivity index (χ3n) is 6.35. The van der Waals surface area contributed by atoms with Crippen LogP contribution in [0.3, 0.4) is 0 Å². The Morgan fingerprint density at radius 3 is 2.30 bits per heavy atom. The Labute approximate surface area is 218 Å². The van der Waals surface area contributed by atoms with E-state index in [1.807, 2.05) is 13.0 Å². The number of aromatic nitrogens is 1. The molecule has 1 aliphatic heterocycles. The van der Waals surface area contributed by atoms with Crippen molar-refractivity contribution in [2.75, 3.05) is 50.5 Å². The van der Waals surface area contributed by atoms with Gasteiger partial charge in [0, 0.05) is 56.9 Å². The van der Waals surface area contributed by atoms with E-state index in [1.54, 1.807) is 56.8 Å². The number of hydrogen-bond acceptors (Lipinski definition) is 7. The van der Waals surface area contributed by atoms with Crippen LogP contribution in [0.2, 0.25) is 0 Å². The van der Waals surface area contributed by atoms with E-state index in [9.17, 15) is 18.0 Å². The predicted octanol–water partition coefficient (Wildman–Crippen LogP) is 3.22. The molecule has 202 valence electrons. The molecule has 3 amide bonds. The average molecular weight is 533 g/mol. The Morgan fingerprint density at radius 2 is 1.73 bits per heavy atom. The Bertz CT molecular complexity index is 1310. The van der Waals surface area contributed by atoms with Crippen LogP contribution in [-0.4, -0.2) is 86.7 Å². The molecule has 2 fully saturated rings. The van der Waals surface area contributed by atoms with E-state index in [1.165, 1.54) is 6.07 Å². The van der Waals surface area contributed by atoms with Gasteiger partial charge in [-0.3, -0.25) is 5.32 Å². The number of fused-ring (bicyclic) bond motifs is 1. The highest BCUT2D eigenvalue weighted by Crippen LogP contribution is 2.37. The van der Waals surface area contributed by atoms with Gasteiger partial charge in [-0.05, 0) is 64.8 Å². The van der Waals surface area contributed by atoms with E-state index in [4.69, 9.17) is 4.74 Å². The molecule has 0 atom stereocenters. The standard InChI is InChI=1S/C25H36N6O5S/c1-24(2,3)36-22(32)27-21-8-7-18-19(26-21)15-17(37(34,35)28-25(4)9-10-25)16-20(18)30-11-13-31(14-12-30)23(33)29(5)6/h7-8,15-16,28H,9-14H2,1-6H3,(H,26,27,32). The summed E-state index contributed by atoms with van der Waals surface area (Å²) in [7, 11) is -0.362. The lowest BCUT2D eigenvalue weighted by molar-refractivity contribution is 0.0635. The molecule has 0 radical (unpaired) electrons. The molecule has 37 heavy (non-hydrogen) atoms. The highest BCUT2D eigenvalue weighted by molar-refractivity contribution is 7.89. The van der Waals surface area contributed by atoms with Gasteiger partial charge in [-0.15, -0.1) is 0 Å². The van der Waals surface area contributed by atoms with Gasteiger partial charge >= 0.3 is 12.1 Å². The molecule has 0 bridgehead atoms. The fourth-order valence-electron chi connectivity index (χ4n) is 4.18. The van der Waals surface area contributed by atoms with Gasteiger partial charge in [0.05, 0.1) is 10.4 Å². The van der Waals surface area contributed by atoms with Crippen LogP contribution in [0.25, 0.3) is 10.9 Å². The lowest BCUT2D eigenvalue weighted by Gasteiger charge is -2.37. The van der Waals surface area contributed by atoms with Crippen LogP contribution < -0.4 is 14.9 Å². The van der Waals surface area contributed by atoms with Crippen molar-refractivity contribution < 1.29 is 22.7 Å². The Hall–Kier alpha value is -3.12. The summed E-state index contributed by atoms with van der Waals surface area (Å²) in [6.45, 7) is 9.29. The molecule has 0 unspecified atom stereocenters. The number of pyridine rings is 1. The van der Waals surface area contributed by atoms with Crippen molar-refractivity contribution >= 4 is 44.6 Å². The van der Waals surface area contributed by atoms with Gasteiger partial charge in [-0.25, -0.2) is 27.7 Å². The Balaban J connectivity index is 1.69. The number of nitrogens with zero attached hydrogens (tertiary/aromatic N) is 4. The molecule has 2 aromatic rings. The molecule has 1 saturated heterocycles. The summed E-state index contributed by atoms with van der Waals surface area (Å²) < 4.78 is 34.7. The molecule has 1 saturated carbocycles. The maximum Gasteiger partial charge on any atom is 0.413 e. The van der Waals surface area contributed by atoms with E-state index in [2.05, 4.69) is 19.9 Å². The molecule has 2 aliphatic rings. The molecular formula is C25H36N6O5S. The molecule has 4 rings (SSSR count). The second-order valence-electron chi connectivity index (χ2n) is 11.1. The minimum atomic E-state index is -3.80. The summed E-state index contributed by atoms with van der Waals surface area (Å²) in [4.78, 5) is 34.7. The van der Waals surface area contributed by atoms with Crippen molar-refractivity contribution in [1.82, 2.24) is 19.5 Å². The van der Waals surface area contributed by atoms with Gasteiger partial charge < -0.3 is 19.4 Å². The lowest BCUT2D eigenvalue weighted by Crippen LogP contribution is -2.51. The van der Waals surface area contributed by atoms with Crippen LogP contribution in [-0.2, 0) is 14.8 Å². The van der Waals surface area contributed by atoms with E-state index in [0.717, 1.165) is 18.2 Å². The molecule has 2 heterocycles. The van der Waals surface area contributed by atoms with E-state index >= 15 is 0 Å². The summed E-state index contributed by atoms with van der Waals surface area (Å²) in [5.74, 6) is 0.255. The average Bonchev–Trinajstić information content (AvgIpc) is 3.51. The maximum atomic E-state index is 13.3.